The number of hydrogen-bond acceptors (Lipinski definition) is 8. The maximum Gasteiger partial charge on any atom is 0.418 e. The van der Waals surface area contributed by atoms with Crippen molar-refractivity contribution in [3.63, 3.8) is 0 Å². The summed E-state index contributed by atoms with van der Waals surface area (Å²) in [5.74, 6) is 0.339. The largest absolute Gasteiger partial charge is 0.497 e. The Bertz CT molecular complexity index is 1980. The van der Waals surface area contributed by atoms with E-state index in [1.54, 1.807) is 43.4 Å². The molecule has 0 unspecified atom stereocenters. The first-order chi connectivity index (χ1) is 24.4. The average molecular weight is 745 g/mol. The second-order valence-electron chi connectivity index (χ2n) is 12.4. The molecule has 0 radical (unpaired) electrons. The number of halogens is 6. The molecule has 268 valence electrons. The van der Waals surface area contributed by atoms with Gasteiger partial charge in [-0.05, 0) is 86.4 Å². The van der Waals surface area contributed by atoms with Crippen LogP contribution in [0.15, 0.2) is 60.7 Å². The zero-order valence-electron chi connectivity index (χ0n) is 28.3. The summed E-state index contributed by atoms with van der Waals surface area (Å²) in [7, 11) is 5.09. The van der Waals surface area contributed by atoms with E-state index in [0.29, 0.717) is 11.5 Å². The van der Waals surface area contributed by atoms with Gasteiger partial charge in [0.25, 0.3) is 0 Å². The number of nitrogens with zero attached hydrogens (tertiary/aromatic N) is 5. The highest BCUT2D eigenvalue weighted by Crippen LogP contribution is 2.45. The highest BCUT2D eigenvalue weighted by molar-refractivity contribution is 6.37. The number of fused-ring (bicyclic) bond motifs is 1. The molecule has 3 aromatic carbocycles. The van der Waals surface area contributed by atoms with E-state index in [1.807, 2.05) is 31.3 Å². The minimum atomic E-state index is -4.91. The molecule has 3 heterocycles. The van der Waals surface area contributed by atoms with Crippen molar-refractivity contribution in [2.24, 2.45) is 0 Å². The highest BCUT2D eigenvalue weighted by Gasteiger charge is 2.39. The third-order valence-electron chi connectivity index (χ3n) is 9.00. The van der Waals surface area contributed by atoms with Crippen molar-refractivity contribution < 1.29 is 31.8 Å². The number of rotatable bonds is 11. The molecule has 2 aromatic heterocycles. The Balaban J connectivity index is 1.48. The number of hydrogen-bond donors (Lipinski definition) is 0. The van der Waals surface area contributed by atoms with Gasteiger partial charge in [0, 0.05) is 24.5 Å². The second-order valence-corrected chi connectivity index (χ2v) is 13.2. The van der Waals surface area contributed by atoms with E-state index >= 15 is 4.39 Å². The van der Waals surface area contributed by atoms with Crippen LogP contribution in [0.3, 0.4) is 0 Å². The zero-order chi connectivity index (χ0) is 36.4. The summed E-state index contributed by atoms with van der Waals surface area (Å²) >= 11 is 13.0. The predicted octanol–water partition coefficient (Wildman–Crippen LogP) is 9.16. The fourth-order valence-corrected chi connectivity index (χ4v) is 6.76. The Labute approximate surface area is 302 Å². The molecule has 0 bridgehead atoms. The van der Waals surface area contributed by atoms with Crippen molar-refractivity contribution in [1.82, 2.24) is 19.9 Å². The molecular weight excluding hydrogens is 709 g/mol. The Morgan fingerprint density at radius 3 is 2.04 bits per heavy atom. The van der Waals surface area contributed by atoms with E-state index in [-0.39, 0.29) is 64.2 Å². The molecule has 14 heteroatoms. The van der Waals surface area contributed by atoms with Crippen LogP contribution in [0.5, 0.6) is 17.5 Å². The lowest BCUT2D eigenvalue weighted by Crippen LogP contribution is -2.30. The lowest BCUT2D eigenvalue weighted by Gasteiger charge is -2.27. The molecule has 0 amide bonds. The molecule has 0 spiro atoms. The minimum Gasteiger partial charge on any atom is -0.497 e. The minimum absolute atomic E-state index is 0.0234. The van der Waals surface area contributed by atoms with Gasteiger partial charge >= 0.3 is 12.2 Å². The van der Waals surface area contributed by atoms with Gasteiger partial charge in [0.15, 0.2) is 5.82 Å². The Hall–Kier alpha value is -4.39. The lowest BCUT2D eigenvalue weighted by atomic mass is 9.99. The van der Waals surface area contributed by atoms with Gasteiger partial charge in [-0.15, -0.1) is 0 Å². The van der Waals surface area contributed by atoms with Crippen molar-refractivity contribution in [2.75, 3.05) is 39.3 Å². The molecule has 1 aliphatic heterocycles. The second kappa shape index (κ2) is 15.1. The van der Waals surface area contributed by atoms with Crippen molar-refractivity contribution in [3.8, 4) is 28.8 Å². The van der Waals surface area contributed by atoms with Gasteiger partial charge in [-0.1, -0.05) is 47.5 Å². The number of methoxy groups -OCH3 is 2. The van der Waals surface area contributed by atoms with Gasteiger partial charge in [-0.2, -0.15) is 23.1 Å². The van der Waals surface area contributed by atoms with Crippen LogP contribution in [0.25, 0.3) is 22.2 Å². The van der Waals surface area contributed by atoms with Crippen LogP contribution >= 0.6 is 23.2 Å². The monoisotopic (exact) mass is 743 g/mol. The third kappa shape index (κ3) is 7.93. The number of aryl methyl sites for hydroxylation is 1. The summed E-state index contributed by atoms with van der Waals surface area (Å²) in [5, 5.41) is -0.463. The van der Waals surface area contributed by atoms with Gasteiger partial charge in [0.05, 0.1) is 36.1 Å². The first-order valence-corrected chi connectivity index (χ1v) is 16.9. The summed E-state index contributed by atoms with van der Waals surface area (Å²) in [5.41, 5.74) is -1.20. The van der Waals surface area contributed by atoms with Gasteiger partial charge in [-0.25, -0.2) is 9.37 Å². The van der Waals surface area contributed by atoms with Crippen LogP contribution in [-0.4, -0.2) is 60.3 Å². The van der Waals surface area contributed by atoms with Crippen LogP contribution in [0, 0.1) is 12.7 Å². The number of ether oxygens (including phenoxy) is 3. The SMILES string of the molecule is COc1ccc(CN(Cc2ccc(OC)cc2)c2cc(C)c(C(F)(F)F)c(-c3c(Cl)cc4c(Cl)nc(OC[C@@H]5CCCN5C)nc4c3F)n2)cc1. The maximum atomic E-state index is 16.7. The van der Waals surface area contributed by atoms with Crippen LogP contribution in [0.4, 0.5) is 23.4 Å². The summed E-state index contributed by atoms with van der Waals surface area (Å²) in [6.07, 6.45) is -3.00. The van der Waals surface area contributed by atoms with E-state index in [4.69, 9.17) is 37.4 Å². The van der Waals surface area contributed by atoms with E-state index in [2.05, 4.69) is 19.9 Å². The lowest BCUT2D eigenvalue weighted by molar-refractivity contribution is -0.137. The van der Waals surface area contributed by atoms with Crippen LogP contribution in [-0.2, 0) is 19.3 Å². The predicted molar refractivity (Wildman–Crippen MR) is 190 cm³/mol. The standard InChI is InChI=1S/C37H35Cl2F4N5O3/c1-21-16-29(48(18-22-7-11-25(49-3)12-8-22)19-23-9-13-26(50-4)14-10-23)44-34(31(21)37(41,42)43)30-28(38)17-27-33(32(30)40)45-36(46-35(27)39)51-20-24-6-5-15-47(24)2/h7-14,16-17,24H,5-6,15,18-20H2,1-4H3/t24-/m0/s1. The zero-order valence-corrected chi connectivity index (χ0v) is 29.8. The molecule has 1 saturated heterocycles. The molecular formula is C37H35Cl2F4N5O3. The van der Waals surface area contributed by atoms with E-state index in [0.717, 1.165) is 30.5 Å². The first-order valence-electron chi connectivity index (χ1n) is 16.1. The molecule has 0 saturated carbocycles. The molecule has 8 nitrogen and oxygen atoms in total. The molecule has 0 aliphatic carbocycles. The fourth-order valence-electron chi connectivity index (χ4n) is 6.26. The molecule has 0 N–H and O–H groups in total. The Kier molecular flexibility index (Phi) is 10.8. The quantitative estimate of drug-likeness (QED) is 0.0980. The highest BCUT2D eigenvalue weighted by atomic mass is 35.5. The number of anilines is 1. The van der Waals surface area contributed by atoms with E-state index in [9.17, 15) is 13.2 Å². The summed E-state index contributed by atoms with van der Waals surface area (Å²) in [6.45, 7) is 2.96. The van der Waals surface area contributed by atoms with Crippen LogP contribution < -0.4 is 19.1 Å². The van der Waals surface area contributed by atoms with E-state index < -0.39 is 28.8 Å². The van der Waals surface area contributed by atoms with Gasteiger partial charge in [0.2, 0.25) is 0 Å². The third-order valence-corrected chi connectivity index (χ3v) is 9.59. The number of alkyl halides is 3. The molecule has 51 heavy (non-hydrogen) atoms. The number of pyridine rings is 1. The van der Waals surface area contributed by atoms with Gasteiger partial charge in [-0.3, -0.25) is 0 Å². The number of likely N-dealkylation sites (tertiary alicyclic amines) is 1. The van der Waals surface area contributed by atoms with Crippen molar-refractivity contribution in [2.45, 2.75) is 45.1 Å². The van der Waals surface area contributed by atoms with E-state index in [1.165, 1.54) is 19.1 Å². The molecule has 1 aliphatic rings. The van der Waals surface area contributed by atoms with Gasteiger partial charge < -0.3 is 24.0 Å². The number of aromatic nitrogens is 3. The van der Waals surface area contributed by atoms with Crippen LogP contribution in [0.2, 0.25) is 10.2 Å². The smallest absolute Gasteiger partial charge is 0.418 e. The van der Waals surface area contributed by atoms with Crippen molar-refractivity contribution >= 4 is 39.9 Å². The maximum absolute atomic E-state index is 16.7. The summed E-state index contributed by atoms with van der Waals surface area (Å²) in [6, 6.07) is 17.1. The summed E-state index contributed by atoms with van der Waals surface area (Å²) in [4.78, 5) is 16.9. The van der Waals surface area contributed by atoms with Gasteiger partial charge in [0.1, 0.15) is 34.6 Å². The average Bonchev–Trinajstić information content (AvgIpc) is 3.51. The number of benzene rings is 3. The molecule has 5 aromatic rings. The number of likely N-dealkylation sites (N-methyl/N-ethyl adjacent to an activating group) is 1. The van der Waals surface area contributed by atoms with Crippen molar-refractivity contribution in [1.29, 1.82) is 0 Å². The Morgan fingerprint density at radius 1 is 0.902 bits per heavy atom. The fraction of sp³-hybridized carbons (Fsp3) is 0.324. The topological polar surface area (TPSA) is 72.8 Å². The normalized spacial score (nSPS) is 15.0. The first kappa shape index (κ1) is 36.4. The Morgan fingerprint density at radius 2 is 1.51 bits per heavy atom. The summed E-state index contributed by atoms with van der Waals surface area (Å²) < 4.78 is 77.6. The molecule has 1 atom stereocenters. The molecule has 6 rings (SSSR count). The van der Waals surface area contributed by atoms with Crippen LogP contribution in [0.1, 0.15) is 35.1 Å². The molecule has 1 fully saturated rings. The van der Waals surface area contributed by atoms with Crippen molar-refractivity contribution in [3.05, 3.63) is 98.9 Å².